The van der Waals surface area contributed by atoms with Crippen molar-refractivity contribution in [2.45, 2.75) is 26.4 Å². The van der Waals surface area contributed by atoms with Crippen molar-refractivity contribution in [2.75, 3.05) is 0 Å². The van der Waals surface area contributed by atoms with Crippen molar-refractivity contribution in [1.29, 1.82) is 0 Å². The predicted molar refractivity (Wildman–Crippen MR) is 73.6 cm³/mol. The zero-order valence-corrected chi connectivity index (χ0v) is 11.4. The fourth-order valence-corrected chi connectivity index (χ4v) is 2.43. The number of thiazole rings is 1. The van der Waals surface area contributed by atoms with Gasteiger partial charge >= 0.3 is 5.97 Å². The second-order valence-corrected chi connectivity index (χ2v) is 5.00. The summed E-state index contributed by atoms with van der Waals surface area (Å²) in [7, 11) is 0. The van der Waals surface area contributed by atoms with Gasteiger partial charge in [0.25, 0.3) is 0 Å². The number of ether oxygens (including phenoxy) is 1. The number of carboxylic acids is 1. The Morgan fingerprint density at radius 1 is 1.42 bits per heavy atom. The van der Waals surface area contributed by atoms with Crippen molar-refractivity contribution in [3.05, 3.63) is 45.9 Å². The molecule has 1 aromatic heterocycles. The Morgan fingerprint density at radius 2 is 2.21 bits per heavy atom. The zero-order valence-electron chi connectivity index (χ0n) is 10.6. The van der Waals surface area contributed by atoms with Crippen LogP contribution in [0.15, 0.2) is 29.6 Å². The number of aliphatic carboxylic acids is 1. The van der Waals surface area contributed by atoms with Gasteiger partial charge in [0.05, 0.1) is 12.1 Å². The van der Waals surface area contributed by atoms with Gasteiger partial charge in [-0.1, -0.05) is 25.1 Å². The largest absolute Gasteiger partial charge is 0.486 e. The number of para-hydroxylation sites is 1. The van der Waals surface area contributed by atoms with E-state index in [2.05, 4.69) is 11.9 Å². The Bertz CT molecular complexity index is 565. The van der Waals surface area contributed by atoms with Crippen molar-refractivity contribution >= 4 is 17.3 Å². The molecule has 0 aliphatic carbocycles. The summed E-state index contributed by atoms with van der Waals surface area (Å²) in [5.41, 5.74) is 1.74. The fourth-order valence-electron chi connectivity index (χ4n) is 1.73. The molecule has 0 unspecified atom stereocenters. The van der Waals surface area contributed by atoms with Crippen molar-refractivity contribution < 1.29 is 14.6 Å². The summed E-state index contributed by atoms with van der Waals surface area (Å²) in [4.78, 5) is 14.8. The summed E-state index contributed by atoms with van der Waals surface area (Å²) in [6.07, 6.45) is 0.875. The number of carboxylic acid groups (broad SMARTS) is 1. The van der Waals surface area contributed by atoms with Gasteiger partial charge in [0.15, 0.2) is 0 Å². The summed E-state index contributed by atoms with van der Waals surface area (Å²) in [5.74, 6) is -0.00548. The molecule has 0 amide bonds. The average Bonchev–Trinajstić information content (AvgIpc) is 2.83. The predicted octanol–water partition coefficient (Wildman–Crippen LogP) is 2.91. The van der Waals surface area contributed by atoms with Gasteiger partial charge in [-0.3, -0.25) is 4.79 Å². The van der Waals surface area contributed by atoms with E-state index in [0.29, 0.717) is 12.3 Å². The SMILES string of the molecule is CCc1ccccc1OCc1nc(CC(=O)O)cs1. The van der Waals surface area contributed by atoms with Gasteiger partial charge in [0.2, 0.25) is 0 Å². The smallest absolute Gasteiger partial charge is 0.309 e. The molecule has 0 fully saturated rings. The first-order chi connectivity index (χ1) is 9.19. The van der Waals surface area contributed by atoms with Gasteiger partial charge in [-0.2, -0.15) is 0 Å². The Balaban J connectivity index is 1.98. The van der Waals surface area contributed by atoms with Crippen LogP contribution in [0.5, 0.6) is 5.75 Å². The normalized spacial score (nSPS) is 10.4. The number of nitrogens with zero attached hydrogens (tertiary/aromatic N) is 1. The molecule has 0 radical (unpaired) electrons. The lowest BCUT2D eigenvalue weighted by Gasteiger charge is -2.08. The van der Waals surface area contributed by atoms with E-state index >= 15 is 0 Å². The first kappa shape index (κ1) is 13.5. The molecule has 5 heteroatoms. The van der Waals surface area contributed by atoms with E-state index in [4.69, 9.17) is 9.84 Å². The molecule has 0 aliphatic rings. The van der Waals surface area contributed by atoms with Gasteiger partial charge in [-0.05, 0) is 18.1 Å². The standard InChI is InChI=1S/C14H15NO3S/c1-2-10-5-3-4-6-12(10)18-8-13-15-11(9-19-13)7-14(16)17/h3-6,9H,2,7-8H2,1H3,(H,16,17). The van der Waals surface area contributed by atoms with Gasteiger partial charge < -0.3 is 9.84 Å². The van der Waals surface area contributed by atoms with Crippen molar-refractivity contribution in [3.63, 3.8) is 0 Å². The highest BCUT2D eigenvalue weighted by molar-refractivity contribution is 7.09. The van der Waals surface area contributed by atoms with Crippen molar-refractivity contribution in [2.24, 2.45) is 0 Å². The maximum Gasteiger partial charge on any atom is 0.309 e. The number of hydrogen-bond donors (Lipinski definition) is 1. The average molecular weight is 277 g/mol. The maximum absolute atomic E-state index is 10.6. The van der Waals surface area contributed by atoms with Gasteiger partial charge in [0, 0.05) is 5.38 Å². The molecule has 0 atom stereocenters. The third-order valence-electron chi connectivity index (χ3n) is 2.64. The molecule has 1 heterocycles. The lowest BCUT2D eigenvalue weighted by atomic mass is 10.1. The van der Waals surface area contributed by atoms with Crippen molar-refractivity contribution in [1.82, 2.24) is 4.98 Å². The second kappa shape index (κ2) is 6.33. The highest BCUT2D eigenvalue weighted by Gasteiger charge is 2.07. The van der Waals surface area contributed by atoms with E-state index in [1.165, 1.54) is 11.3 Å². The molecule has 0 spiro atoms. The van der Waals surface area contributed by atoms with E-state index in [1.54, 1.807) is 5.38 Å². The first-order valence-electron chi connectivity index (χ1n) is 6.04. The van der Waals surface area contributed by atoms with Crippen LogP contribution in [0.2, 0.25) is 0 Å². The van der Waals surface area contributed by atoms with E-state index in [9.17, 15) is 4.79 Å². The van der Waals surface area contributed by atoms with Crippen LogP contribution in [-0.4, -0.2) is 16.1 Å². The number of aryl methyl sites for hydroxylation is 1. The molecule has 0 bridgehead atoms. The molecule has 2 aromatic rings. The van der Waals surface area contributed by atoms with E-state index in [0.717, 1.165) is 22.7 Å². The number of carbonyl (C=O) groups is 1. The molecule has 100 valence electrons. The molecule has 0 saturated heterocycles. The minimum atomic E-state index is -0.867. The first-order valence-corrected chi connectivity index (χ1v) is 6.92. The van der Waals surface area contributed by atoms with Gasteiger partial charge in [0.1, 0.15) is 17.4 Å². The fraction of sp³-hybridized carbons (Fsp3) is 0.286. The number of aromatic nitrogens is 1. The molecule has 0 aliphatic heterocycles. The van der Waals surface area contributed by atoms with Crippen molar-refractivity contribution in [3.8, 4) is 5.75 Å². The summed E-state index contributed by atoms with van der Waals surface area (Å²) in [5, 5.41) is 11.2. The highest BCUT2D eigenvalue weighted by Crippen LogP contribution is 2.20. The molecule has 4 nitrogen and oxygen atoms in total. The third kappa shape index (κ3) is 3.79. The summed E-state index contributed by atoms with van der Waals surface area (Å²) < 4.78 is 5.73. The second-order valence-electron chi connectivity index (χ2n) is 4.05. The number of rotatable bonds is 6. The summed E-state index contributed by atoms with van der Waals surface area (Å²) in [6.45, 7) is 2.46. The molecule has 1 aromatic carbocycles. The monoisotopic (exact) mass is 277 g/mol. The molecular weight excluding hydrogens is 262 g/mol. The van der Waals surface area contributed by atoms with Crippen LogP contribution in [0, 0.1) is 0 Å². The van der Waals surface area contributed by atoms with Crippen LogP contribution in [-0.2, 0) is 24.2 Å². The minimum Gasteiger partial charge on any atom is -0.486 e. The summed E-state index contributed by atoms with van der Waals surface area (Å²) >= 11 is 1.42. The number of benzene rings is 1. The zero-order chi connectivity index (χ0) is 13.7. The van der Waals surface area contributed by atoms with E-state index in [-0.39, 0.29) is 6.42 Å². The lowest BCUT2D eigenvalue weighted by molar-refractivity contribution is -0.136. The van der Waals surface area contributed by atoms with E-state index in [1.807, 2.05) is 24.3 Å². The topological polar surface area (TPSA) is 59.4 Å². The van der Waals surface area contributed by atoms with Crippen LogP contribution < -0.4 is 4.74 Å². The maximum atomic E-state index is 10.6. The van der Waals surface area contributed by atoms with Crippen LogP contribution in [0.3, 0.4) is 0 Å². The van der Waals surface area contributed by atoms with Gasteiger partial charge in [-0.15, -0.1) is 11.3 Å². The summed E-state index contributed by atoms with van der Waals surface area (Å²) in [6, 6.07) is 7.89. The Kier molecular flexibility index (Phi) is 4.52. The molecule has 2 rings (SSSR count). The molecular formula is C14H15NO3S. The lowest BCUT2D eigenvalue weighted by Crippen LogP contribution is -2.01. The van der Waals surface area contributed by atoms with Crippen LogP contribution >= 0.6 is 11.3 Å². The Morgan fingerprint density at radius 3 is 2.95 bits per heavy atom. The minimum absolute atomic E-state index is 0.0396. The highest BCUT2D eigenvalue weighted by atomic mass is 32.1. The van der Waals surface area contributed by atoms with Crippen LogP contribution in [0.4, 0.5) is 0 Å². The quantitative estimate of drug-likeness (QED) is 0.882. The Hall–Kier alpha value is -1.88. The number of hydrogen-bond acceptors (Lipinski definition) is 4. The van der Waals surface area contributed by atoms with Crippen LogP contribution in [0.25, 0.3) is 0 Å². The van der Waals surface area contributed by atoms with Gasteiger partial charge in [-0.25, -0.2) is 4.98 Å². The molecule has 19 heavy (non-hydrogen) atoms. The third-order valence-corrected chi connectivity index (χ3v) is 3.51. The van der Waals surface area contributed by atoms with E-state index < -0.39 is 5.97 Å². The van der Waals surface area contributed by atoms with Crippen LogP contribution in [0.1, 0.15) is 23.2 Å². The Labute approximate surface area is 115 Å². The molecule has 1 N–H and O–H groups in total. The molecule has 0 saturated carbocycles.